The molecule has 0 saturated carbocycles. The highest BCUT2D eigenvalue weighted by atomic mass is 32.2. The van der Waals surface area contributed by atoms with Crippen molar-refractivity contribution in [1.82, 2.24) is 4.90 Å². The van der Waals surface area contributed by atoms with Crippen LogP contribution in [0, 0.1) is 0 Å². The Balaban J connectivity index is 1.15. The number of ether oxygens (including phenoxy) is 5. The van der Waals surface area contributed by atoms with Crippen LogP contribution in [0.15, 0.2) is 24.3 Å². The molecule has 0 spiro atoms. The van der Waals surface area contributed by atoms with Crippen molar-refractivity contribution in [2.45, 2.75) is 76.2 Å². The first-order chi connectivity index (χ1) is 17.7. The quantitative estimate of drug-likeness (QED) is 0.323. The van der Waals surface area contributed by atoms with Gasteiger partial charge in [0.2, 0.25) is 5.79 Å². The molecule has 1 aromatic rings. The number of Topliss-reactive ketones (excluding diaryl/α,β-unsaturated/α-hetero) is 1. The number of benzene rings is 1. The molecule has 0 aliphatic carbocycles. The van der Waals surface area contributed by atoms with E-state index in [9.17, 15) is 22.8 Å². The molecule has 3 saturated heterocycles. The number of ketones is 1. The number of nitrogens with zero attached hydrogens (tertiary/aromatic N) is 1. The Labute approximate surface area is 220 Å². The van der Waals surface area contributed by atoms with Gasteiger partial charge in [-0.3, -0.25) is 23.5 Å². The predicted molar refractivity (Wildman–Crippen MR) is 128 cm³/mol. The van der Waals surface area contributed by atoms with Crippen molar-refractivity contribution in [3.05, 3.63) is 35.4 Å². The van der Waals surface area contributed by atoms with E-state index in [2.05, 4.69) is 0 Å². The first-order valence-electron chi connectivity index (χ1n) is 12.4. The molecule has 2 amide bonds. The summed E-state index contributed by atoms with van der Waals surface area (Å²) in [5, 5.41) is 0. The molecule has 5 rings (SSSR count). The van der Waals surface area contributed by atoms with Gasteiger partial charge >= 0.3 is 0 Å². The van der Waals surface area contributed by atoms with E-state index in [1.54, 1.807) is 52.0 Å². The lowest BCUT2D eigenvalue weighted by Gasteiger charge is -2.40. The van der Waals surface area contributed by atoms with Crippen molar-refractivity contribution in [2.24, 2.45) is 0 Å². The van der Waals surface area contributed by atoms with Crippen molar-refractivity contribution in [2.75, 3.05) is 25.5 Å². The van der Waals surface area contributed by atoms with Gasteiger partial charge in [-0.05, 0) is 46.2 Å². The largest absolute Gasteiger partial charge is 0.343 e. The fourth-order valence-electron chi connectivity index (χ4n) is 5.31. The van der Waals surface area contributed by atoms with Gasteiger partial charge in [-0.2, -0.15) is 8.42 Å². The topological polar surface area (TPSA) is 144 Å². The second kappa shape index (κ2) is 9.44. The summed E-state index contributed by atoms with van der Waals surface area (Å²) in [5.74, 6) is -5.91. The normalized spacial score (nSPS) is 31.3. The highest BCUT2D eigenvalue weighted by Gasteiger charge is 2.65. The Kier molecular flexibility index (Phi) is 6.78. The molecule has 208 valence electrons. The Morgan fingerprint density at radius 1 is 1.03 bits per heavy atom. The molecule has 0 bridgehead atoms. The number of carbonyl (C=O) groups excluding carboxylic acids is 3. The predicted octanol–water partition coefficient (Wildman–Crippen LogP) is 1.38. The van der Waals surface area contributed by atoms with Gasteiger partial charge in [0, 0.05) is 13.0 Å². The summed E-state index contributed by atoms with van der Waals surface area (Å²) in [6.07, 6.45) is -1.87. The SMILES string of the molecule is CC1(C)O[C@@H]2CO[C@@]3(COS(=O)(=O)CC(=O)CCCN4C(=O)c5ccccc5C4=O)OC(C)(C)OC3[C@@H]2O1. The number of hydrogen-bond donors (Lipinski definition) is 0. The van der Waals surface area contributed by atoms with E-state index in [1.165, 1.54) is 0 Å². The first kappa shape index (κ1) is 27.3. The van der Waals surface area contributed by atoms with E-state index in [4.69, 9.17) is 27.9 Å². The second-order valence-electron chi connectivity index (χ2n) is 10.7. The minimum Gasteiger partial charge on any atom is -0.343 e. The van der Waals surface area contributed by atoms with Crippen LogP contribution >= 0.6 is 0 Å². The van der Waals surface area contributed by atoms with Crippen LogP contribution in [0.3, 0.4) is 0 Å². The third-order valence-electron chi connectivity index (χ3n) is 6.77. The van der Waals surface area contributed by atoms with E-state index >= 15 is 0 Å². The number of rotatable bonds is 9. The highest BCUT2D eigenvalue weighted by molar-refractivity contribution is 7.87. The Morgan fingerprint density at radius 2 is 1.68 bits per heavy atom. The average molecular weight is 554 g/mol. The maximum atomic E-state index is 12.7. The molecule has 3 fully saturated rings. The van der Waals surface area contributed by atoms with E-state index in [-0.39, 0.29) is 26.0 Å². The maximum Gasteiger partial charge on any atom is 0.274 e. The van der Waals surface area contributed by atoms with Crippen LogP contribution in [0.5, 0.6) is 0 Å². The van der Waals surface area contributed by atoms with Gasteiger partial charge in [-0.15, -0.1) is 0 Å². The fraction of sp³-hybridized carbons (Fsp3) is 0.640. The van der Waals surface area contributed by atoms with Crippen molar-refractivity contribution < 1.29 is 50.7 Å². The molecule has 4 aliphatic heterocycles. The standard InChI is InChI=1S/C25H31NO11S/c1-23(2)34-18-12-32-25(20(19(18)35-23)36-24(3,4)37-25)14-33-38(30,31)13-15(27)8-7-11-26-21(28)16-9-5-6-10-17(16)22(26)29/h5-6,9-10,18-20H,7-8,11-14H2,1-4H3/t18-,19-,20?,25+/m1/s1. The summed E-state index contributed by atoms with van der Waals surface area (Å²) in [7, 11) is -4.31. The van der Waals surface area contributed by atoms with Crippen molar-refractivity contribution in [1.29, 1.82) is 0 Å². The van der Waals surface area contributed by atoms with Crippen LogP contribution in [0.2, 0.25) is 0 Å². The summed E-state index contributed by atoms with van der Waals surface area (Å²) in [6, 6.07) is 6.47. The van der Waals surface area contributed by atoms with Crippen LogP contribution < -0.4 is 0 Å². The molecule has 38 heavy (non-hydrogen) atoms. The summed E-state index contributed by atoms with van der Waals surface area (Å²) < 4.78 is 60.2. The minimum absolute atomic E-state index is 0.00113. The van der Waals surface area contributed by atoms with Crippen LogP contribution in [0.25, 0.3) is 0 Å². The lowest BCUT2D eigenvalue weighted by atomic mass is 9.98. The first-order valence-corrected chi connectivity index (χ1v) is 14.0. The number of carbonyl (C=O) groups is 3. The zero-order chi connectivity index (χ0) is 27.5. The molecule has 0 radical (unpaired) electrons. The molecule has 13 heteroatoms. The summed E-state index contributed by atoms with van der Waals surface area (Å²) in [5.41, 5.74) is 0.626. The van der Waals surface area contributed by atoms with E-state index < -0.39 is 75.7 Å². The third kappa shape index (κ3) is 5.16. The molecule has 0 aromatic heterocycles. The number of hydrogen-bond acceptors (Lipinski definition) is 11. The monoisotopic (exact) mass is 553 g/mol. The zero-order valence-corrected chi connectivity index (χ0v) is 22.4. The Bertz CT molecular complexity index is 1220. The molecule has 1 unspecified atom stereocenters. The van der Waals surface area contributed by atoms with Crippen LogP contribution in [-0.2, 0) is 42.8 Å². The summed E-state index contributed by atoms with van der Waals surface area (Å²) >= 11 is 0. The van der Waals surface area contributed by atoms with E-state index in [0.717, 1.165) is 4.90 Å². The zero-order valence-electron chi connectivity index (χ0n) is 21.6. The average Bonchev–Trinajstić information content (AvgIpc) is 3.38. The molecule has 4 atom stereocenters. The van der Waals surface area contributed by atoms with Crippen LogP contribution in [0.4, 0.5) is 0 Å². The molecule has 4 aliphatic rings. The van der Waals surface area contributed by atoms with E-state index in [1.807, 2.05) is 0 Å². The molecular weight excluding hydrogens is 522 g/mol. The molecule has 12 nitrogen and oxygen atoms in total. The van der Waals surface area contributed by atoms with Gasteiger partial charge in [0.25, 0.3) is 21.9 Å². The smallest absolute Gasteiger partial charge is 0.274 e. The fourth-order valence-corrected chi connectivity index (χ4v) is 6.27. The van der Waals surface area contributed by atoms with Gasteiger partial charge in [-0.25, -0.2) is 0 Å². The van der Waals surface area contributed by atoms with Crippen LogP contribution in [0.1, 0.15) is 61.3 Å². The van der Waals surface area contributed by atoms with E-state index in [0.29, 0.717) is 11.1 Å². The minimum atomic E-state index is -4.31. The van der Waals surface area contributed by atoms with Gasteiger partial charge in [0.1, 0.15) is 36.5 Å². The van der Waals surface area contributed by atoms with Crippen molar-refractivity contribution >= 4 is 27.7 Å². The van der Waals surface area contributed by atoms with Gasteiger partial charge in [0.05, 0.1) is 17.7 Å². The molecule has 4 heterocycles. The van der Waals surface area contributed by atoms with Crippen molar-refractivity contribution in [3.63, 3.8) is 0 Å². The summed E-state index contributed by atoms with van der Waals surface area (Å²) in [6.45, 7) is 6.38. The lowest BCUT2D eigenvalue weighted by Crippen LogP contribution is -2.60. The van der Waals surface area contributed by atoms with Gasteiger partial charge < -0.3 is 23.7 Å². The van der Waals surface area contributed by atoms with Crippen molar-refractivity contribution in [3.8, 4) is 0 Å². The lowest BCUT2D eigenvalue weighted by molar-refractivity contribution is -0.290. The van der Waals surface area contributed by atoms with Crippen LogP contribution in [-0.4, -0.2) is 92.1 Å². The van der Waals surface area contributed by atoms with Gasteiger partial charge in [-0.1, -0.05) is 12.1 Å². The number of amides is 2. The van der Waals surface area contributed by atoms with Gasteiger partial charge in [0.15, 0.2) is 11.6 Å². The Morgan fingerprint density at radius 3 is 2.34 bits per heavy atom. The highest BCUT2D eigenvalue weighted by Crippen LogP contribution is 2.47. The summed E-state index contributed by atoms with van der Waals surface area (Å²) in [4.78, 5) is 38.4. The molecule has 1 aromatic carbocycles. The second-order valence-corrected chi connectivity index (χ2v) is 12.4. The molecule has 0 N–H and O–H groups in total. The number of fused-ring (bicyclic) bond motifs is 4. The number of imide groups is 1. The maximum absolute atomic E-state index is 12.7. The Hall–Kier alpha value is -2.26. The third-order valence-corrected chi connectivity index (χ3v) is 7.92. The molecular formula is C25H31NO11S.